The van der Waals surface area contributed by atoms with Crippen molar-refractivity contribution in [1.29, 1.82) is 0 Å². The molecule has 0 spiro atoms. The Kier molecular flexibility index (Phi) is 15.0. The van der Waals surface area contributed by atoms with Crippen LogP contribution in [-0.2, 0) is 47.4 Å². The average molecular weight is 733 g/mol. The van der Waals surface area contributed by atoms with Crippen LogP contribution in [0.1, 0.15) is 6.92 Å². The highest BCUT2D eigenvalue weighted by atomic mass is 16.8. The van der Waals surface area contributed by atoms with Crippen molar-refractivity contribution >= 4 is 5.91 Å². The standard InChI is InChI=1S/C28H52N4O18/c1-8(37)32-16-20(41)24(49-26-14(30)17(38)21(42-2)9(4-33)45-26)12(7-36)47-28(16)50-23-11(6-35)46-27(15(31)19(23)40)48-22-10(5-34)44-25(43-3)13(29)18(22)39/h9-28,33-36,38-41H,4-7,29-31H2,1-3H3,(H,32,37)/t9-,10?,11-,12?,13-,14?,15?,16-,17?,18?,19?,20?,21+,22+,23+,24+,25+,26?,27?,28-/m0/s1. The van der Waals surface area contributed by atoms with Gasteiger partial charge in [-0.25, -0.2) is 0 Å². The number of ether oxygens (including phenoxy) is 9. The van der Waals surface area contributed by atoms with E-state index in [1.54, 1.807) is 0 Å². The van der Waals surface area contributed by atoms with E-state index in [1.165, 1.54) is 14.2 Å². The fraction of sp³-hybridized carbons (Fsp3) is 0.964. The van der Waals surface area contributed by atoms with Crippen molar-refractivity contribution in [3.05, 3.63) is 0 Å². The van der Waals surface area contributed by atoms with Crippen molar-refractivity contribution in [3.8, 4) is 0 Å². The van der Waals surface area contributed by atoms with Gasteiger partial charge in [-0.2, -0.15) is 0 Å². The van der Waals surface area contributed by atoms with Crippen LogP contribution in [0.2, 0.25) is 0 Å². The minimum absolute atomic E-state index is 0.579. The second-order valence-electron chi connectivity index (χ2n) is 12.6. The molecule has 0 saturated carbocycles. The van der Waals surface area contributed by atoms with Crippen molar-refractivity contribution in [2.45, 2.75) is 129 Å². The molecule has 4 heterocycles. The molecule has 0 aromatic carbocycles. The third-order valence-electron chi connectivity index (χ3n) is 9.30. The van der Waals surface area contributed by atoms with Crippen LogP contribution in [0.3, 0.4) is 0 Å². The molecule has 15 N–H and O–H groups in total. The van der Waals surface area contributed by atoms with Gasteiger partial charge in [0.25, 0.3) is 0 Å². The summed E-state index contributed by atoms with van der Waals surface area (Å²) < 4.78 is 51.0. The molecule has 1 amide bonds. The number of nitrogens with two attached hydrogens (primary N) is 3. The summed E-state index contributed by atoms with van der Waals surface area (Å²) in [5.41, 5.74) is 18.4. The fourth-order valence-corrected chi connectivity index (χ4v) is 6.55. The number of carbonyl (C=O) groups is 1. The third kappa shape index (κ3) is 8.55. The van der Waals surface area contributed by atoms with Crippen LogP contribution in [0, 0.1) is 0 Å². The Morgan fingerprint density at radius 3 is 1.30 bits per heavy atom. The highest BCUT2D eigenvalue weighted by molar-refractivity contribution is 5.73. The first-order valence-electron chi connectivity index (χ1n) is 16.1. The Labute approximate surface area is 287 Å². The van der Waals surface area contributed by atoms with Gasteiger partial charge in [0.1, 0.15) is 79.3 Å². The second-order valence-corrected chi connectivity index (χ2v) is 12.6. The number of methoxy groups -OCH3 is 2. The molecule has 4 aliphatic rings. The average Bonchev–Trinajstić information content (AvgIpc) is 3.10. The van der Waals surface area contributed by atoms with Crippen LogP contribution in [0.4, 0.5) is 0 Å². The number of aliphatic hydroxyl groups excluding tert-OH is 8. The zero-order chi connectivity index (χ0) is 37.0. The number of rotatable bonds is 13. The Balaban J connectivity index is 1.51. The summed E-state index contributed by atoms with van der Waals surface area (Å²) in [6, 6.07) is -5.21. The number of nitrogens with one attached hydrogen (secondary N) is 1. The second kappa shape index (κ2) is 18.1. The lowest BCUT2D eigenvalue weighted by molar-refractivity contribution is -0.360. The first-order valence-corrected chi connectivity index (χ1v) is 16.1. The minimum atomic E-state index is -1.71. The summed E-state index contributed by atoms with van der Waals surface area (Å²) in [5.74, 6) is -0.651. The number of hydrogen-bond donors (Lipinski definition) is 12. The highest BCUT2D eigenvalue weighted by Gasteiger charge is 2.55. The lowest BCUT2D eigenvalue weighted by atomic mass is 9.93. The zero-order valence-corrected chi connectivity index (χ0v) is 27.8. The van der Waals surface area contributed by atoms with Gasteiger partial charge >= 0.3 is 0 Å². The highest BCUT2D eigenvalue weighted by Crippen LogP contribution is 2.34. The molecule has 4 aliphatic heterocycles. The van der Waals surface area contributed by atoms with Crippen molar-refractivity contribution < 1.29 is 88.3 Å². The van der Waals surface area contributed by atoms with Gasteiger partial charge in [-0.1, -0.05) is 0 Å². The molecule has 4 saturated heterocycles. The summed E-state index contributed by atoms with van der Waals surface area (Å²) in [6.07, 6.45) is -22.1. The maximum absolute atomic E-state index is 12.2. The Hall–Kier alpha value is -1.33. The first kappa shape index (κ1) is 41.4. The summed E-state index contributed by atoms with van der Waals surface area (Å²) in [4.78, 5) is 12.2. The topological polar surface area (TPSA) is 352 Å². The molecule has 0 aliphatic carbocycles. The SMILES string of the molecule is CO[C@@H]1OC(CO)[C@@H](OC2O[C@@H](CO)[C@@H](O[C@@H]3OC(CO)[C@@H](OC4O[C@@H](CO)[C@@H](OC)C(O)C4N)C(O)[C@@H]3NC(C)=O)C(O)C2N)C(O)[C@@H]1N. The number of carbonyl (C=O) groups excluding carboxylic acids is 1. The quantitative estimate of drug-likeness (QED) is 0.0836. The molecule has 292 valence electrons. The Bertz CT molecular complexity index is 1070. The number of aliphatic hydroxyl groups is 8. The summed E-state index contributed by atoms with van der Waals surface area (Å²) in [6.45, 7) is -1.62. The normalized spacial score (nSPS) is 48.7. The van der Waals surface area contributed by atoms with Crippen LogP contribution in [0.25, 0.3) is 0 Å². The molecule has 0 radical (unpaired) electrons. The van der Waals surface area contributed by atoms with E-state index >= 15 is 0 Å². The van der Waals surface area contributed by atoms with E-state index < -0.39 is 155 Å². The van der Waals surface area contributed by atoms with Crippen molar-refractivity contribution in [3.63, 3.8) is 0 Å². The molecule has 0 aromatic rings. The van der Waals surface area contributed by atoms with E-state index in [9.17, 15) is 45.6 Å². The molecule has 0 bridgehead atoms. The van der Waals surface area contributed by atoms with Crippen LogP contribution in [-0.4, -0.2) is 210 Å². The lowest BCUT2D eigenvalue weighted by Gasteiger charge is -2.50. The molecule has 4 rings (SSSR count). The fourth-order valence-electron chi connectivity index (χ4n) is 6.55. The maximum atomic E-state index is 12.2. The summed E-state index contributed by atoms with van der Waals surface area (Å²) >= 11 is 0. The summed E-state index contributed by atoms with van der Waals surface area (Å²) in [7, 11) is 2.59. The van der Waals surface area contributed by atoms with E-state index in [-0.39, 0.29) is 0 Å². The lowest BCUT2D eigenvalue weighted by Crippen LogP contribution is -2.71. The van der Waals surface area contributed by atoms with E-state index in [0.29, 0.717) is 0 Å². The van der Waals surface area contributed by atoms with Gasteiger partial charge < -0.3 is 106 Å². The monoisotopic (exact) mass is 732 g/mol. The van der Waals surface area contributed by atoms with Gasteiger partial charge in [-0.15, -0.1) is 0 Å². The molecule has 10 unspecified atom stereocenters. The van der Waals surface area contributed by atoms with Gasteiger partial charge in [0.2, 0.25) is 5.91 Å². The van der Waals surface area contributed by atoms with Gasteiger partial charge in [0, 0.05) is 21.1 Å². The molecule has 50 heavy (non-hydrogen) atoms. The van der Waals surface area contributed by atoms with Crippen LogP contribution < -0.4 is 22.5 Å². The summed E-state index contributed by atoms with van der Waals surface area (Å²) in [5, 5.41) is 86.7. The maximum Gasteiger partial charge on any atom is 0.217 e. The molecule has 22 heteroatoms. The molecule has 4 fully saturated rings. The Morgan fingerprint density at radius 1 is 0.560 bits per heavy atom. The smallest absolute Gasteiger partial charge is 0.217 e. The number of hydrogen-bond acceptors (Lipinski definition) is 21. The van der Waals surface area contributed by atoms with Gasteiger partial charge in [0.15, 0.2) is 25.2 Å². The predicted molar refractivity (Wildman–Crippen MR) is 161 cm³/mol. The molecule has 0 aromatic heterocycles. The van der Waals surface area contributed by atoms with Crippen LogP contribution in [0.15, 0.2) is 0 Å². The van der Waals surface area contributed by atoms with Crippen molar-refractivity contribution in [2.24, 2.45) is 17.2 Å². The molecule has 22 nitrogen and oxygen atoms in total. The Morgan fingerprint density at radius 2 is 0.900 bits per heavy atom. The predicted octanol–water partition coefficient (Wildman–Crippen LogP) is -8.40. The van der Waals surface area contributed by atoms with Gasteiger partial charge in [0.05, 0.1) is 44.6 Å². The van der Waals surface area contributed by atoms with E-state index in [2.05, 4.69) is 5.32 Å². The van der Waals surface area contributed by atoms with E-state index in [0.717, 1.165) is 6.92 Å². The largest absolute Gasteiger partial charge is 0.394 e. The van der Waals surface area contributed by atoms with Crippen molar-refractivity contribution in [1.82, 2.24) is 5.32 Å². The third-order valence-corrected chi connectivity index (χ3v) is 9.30. The minimum Gasteiger partial charge on any atom is -0.394 e. The van der Waals surface area contributed by atoms with Crippen LogP contribution >= 0.6 is 0 Å². The van der Waals surface area contributed by atoms with Crippen LogP contribution in [0.5, 0.6) is 0 Å². The zero-order valence-electron chi connectivity index (χ0n) is 27.8. The van der Waals surface area contributed by atoms with Gasteiger partial charge in [-0.3, -0.25) is 4.79 Å². The number of amides is 1. The molecule has 20 atom stereocenters. The van der Waals surface area contributed by atoms with E-state index in [4.69, 9.17) is 59.8 Å². The molecular formula is C28H52N4O18. The van der Waals surface area contributed by atoms with Crippen molar-refractivity contribution in [2.75, 3.05) is 40.6 Å². The van der Waals surface area contributed by atoms with E-state index in [1.807, 2.05) is 0 Å². The molecular weight excluding hydrogens is 680 g/mol. The first-order chi connectivity index (χ1) is 23.8. The van der Waals surface area contributed by atoms with Gasteiger partial charge in [-0.05, 0) is 0 Å².